The number of benzene rings is 1. The zero-order valence-electron chi connectivity index (χ0n) is 16.4. The fourth-order valence-corrected chi connectivity index (χ4v) is 3.92. The van der Waals surface area contributed by atoms with Crippen LogP contribution in [0.2, 0.25) is 0 Å². The molecule has 0 spiro atoms. The van der Waals surface area contributed by atoms with E-state index in [1.165, 1.54) is 12.1 Å². The van der Waals surface area contributed by atoms with Crippen LogP contribution in [0, 0.1) is 0 Å². The molecule has 3 aromatic rings. The van der Waals surface area contributed by atoms with Gasteiger partial charge in [-0.3, -0.25) is 4.79 Å². The summed E-state index contributed by atoms with van der Waals surface area (Å²) in [5.74, 6) is 0.492. The normalized spacial score (nSPS) is 14.5. The van der Waals surface area contributed by atoms with E-state index < -0.39 is 11.7 Å². The van der Waals surface area contributed by atoms with E-state index in [1.54, 1.807) is 16.2 Å². The Kier molecular flexibility index (Phi) is 6.08. The van der Waals surface area contributed by atoms with E-state index in [2.05, 4.69) is 10.2 Å². The van der Waals surface area contributed by atoms with Crippen LogP contribution in [0.5, 0.6) is 5.75 Å². The molecule has 1 aromatic carbocycles. The van der Waals surface area contributed by atoms with Gasteiger partial charge in [-0.1, -0.05) is 12.1 Å². The lowest BCUT2D eigenvalue weighted by molar-refractivity contribution is -0.137. The zero-order chi connectivity index (χ0) is 21.8. The highest BCUT2D eigenvalue weighted by atomic mass is 32.1. The largest absolute Gasteiger partial charge is 0.484 e. The van der Waals surface area contributed by atoms with Crippen molar-refractivity contribution in [2.45, 2.75) is 6.18 Å². The molecule has 31 heavy (non-hydrogen) atoms. The van der Waals surface area contributed by atoms with Crippen LogP contribution in [-0.2, 0) is 11.0 Å². The van der Waals surface area contributed by atoms with Crippen molar-refractivity contribution in [2.24, 2.45) is 0 Å². The maximum absolute atomic E-state index is 12.8. The zero-order valence-corrected chi connectivity index (χ0v) is 17.2. The molecule has 6 nitrogen and oxygen atoms in total. The van der Waals surface area contributed by atoms with Crippen molar-refractivity contribution in [2.75, 3.05) is 37.7 Å². The molecule has 0 unspecified atom stereocenters. The maximum atomic E-state index is 12.8. The highest BCUT2D eigenvalue weighted by Gasteiger charge is 2.30. The van der Waals surface area contributed by atoms with Crippen molar-refractivity contribution < 1.29 is 22.7 Å². The number of rotatable bonds is 5. The molecule has 1 aliphatic heterocycles. The summed E-state index contributed by atoms with van der Waals surface area (Å²) in [6.07, 6.45) is -4.45. The van der Waals surface area contributed by atoms with Crippen molar-refractivity contribution in [3.63, 3.8) is 0 Å². The summed E-state index contributed by atoms with van der Waals surface area (Å²) in [5, 5.41) is 10.6. The second-order valence-corrected chi connectivity index (χ2v) is 7.88. The van der Waals surface area contributed by atoms with Crippen LogP contribution in [0.1, 0.15) is 5.56 Å². The monoisotopic (exact) mass is 448 g/mol. The number of nitrogens with zero attached hydrogens (tertiary/aromatic N) is 4. The number of hydrogen-bond acceptors (Lipinski definition) is 6. The van der Waals surface area contributed by atoms with E-state index in [-0.39, 0.29) is 18.3 Å². The van der Waals surface area contributed by atoms with Gasteiger partial charge >= 0.3 is 6.18 Å². The number of carbonyl (C=O) groups is 1. The number of thiophene rings is 1. The van der Waals surface area contributed by atoms with Gasteiger partial charge in [-0.25, -0.2) is 0 Å². The van der Waals surface area contributed by atoms with Crippen LogP contribution in [0.4, 0.5) is 19.0 Å². The van der Waals surface area contributed by atoms with E-state index in [9.17, 15) is 18.0 Å². The number of anilines is 1. The van der Waals surface area contributed by atoms with Crippen LogP contribution in [-0.4, -0.2) is 53.8 Å². The Morgan fingerprint density at radius 1 is 1.03 bits per heavy atom. The first-order valence-electron chi connectivity index (χ1n) is 9.60. The smallest absolute Gasteiger partial charge is 0.416 e. The number of carbonyl (C=O) groups excluding carboxylic acids is 1. The van der Waals surface area contributed by atoms with Crippen molar-refractivity contribution in [3.8, 4) is 16.3 Å². The fourth-order valence-electron chi connectivity index (χ4n) is 3.23. The van der Waals surface area contributed by atoms with Crippen LogP contribution in [0.3, 0.4) is 0 Å². The van der Waals surface area contributed by atoms with Crippen LogP contribution >= 0.6 is 11.3 Å². The second kappa shape index (κ2) is 8.93. The molecule has 1 amide bonds. The van der Waals surface area contributed by atoms with Gasteiger partial charge in [0.25, 0.3) is 5.91 Å². The lowest BCUT2D eigenvalue weighted by Crippen LogP contribution is -2.50. The molecule has 1 aliphatic rings. The summed E-state index contributed by atoms with van der Waals surface area (Å²) >= 11 is 1.60. The number of piperazine rings is 1. The topological polar surface area (TPSA) is 58.6 Å². The van der Waals surface area contributed by atoms with Gasteiger partial charge < -0.3 is 14.5 Å². The number of ether oxygens (including phenoxy) is 1. The first-order valence-corrected chi connectivity index (χ1v) is 10.5. The molecule has 3 heterocycles. The number of amides is 1. The molecular weight excluding hydrogens is 429 g/mol. The lowest BCUT2D eigenvalue weighted by atomic mass is 10.2. The van der Waals surface area contributed by atoms with E-state index in [4.69, 9.17) is 4.74 Å². The Bertz CT molecular complexity index is 1020. The summed E-state index contributed by atoms with van der Waals surface area (Å²) < 4.78 is 43.6. The Morgan fingerprint density at radius 2 is 1.84 bits per heavy atom. The SMILES string of the molecule is O=C(COc1cccc(C(F)(F)F)c1)N1CCN(c2ccc(-c3cccs3)nn2)CC1. The molecule has 0 radical (unpaired) electrons. The Balaban J connectivity index is 1.28. The molecule has 0 saturated carbocycles. The molecule has 1 fully saturated rings. The number of aromatic nitrogens is 2. The third-order valence-electron chi connectivity index (χ3n) is 4.90. The van der Waals surface area contributed by atoms with Crippen molar-refractivity contribution >= 4 is 23.1 Å². The standard InChI is InChI=1S/C21H19F3N4O2S/c22-21(23,24)15-3-1-4-16(13-15)30-14-20(29)28-10-8-27(9-11-28)19-7-6-17(25-26-19)18-5-2-12-31-18/h1-7,12-13H,8-11,14H2. The van der Waals surface area contributed by atoms with Gasteiger partial charge in [-0.05, 0) is 41.8 Å². The predicted octanol–water partition coefficient (Wildman–Crippen LogP) is 3.95. The molecular formula is C21H19F3N4O2S. The molecule has 1 saturated heterocycles. The molecule has 162 valence electrons. The first-order chi connectivity index (χ1) is 14.9. The number of alkyl halides is 3. The summed E-state index contributed by atoms with van der Waals surface area (Å²) in [5.41, 5.74) is 0.0107. The second-order valence-electron chi connectivity index (χ2n) is 6.94. The van der Waals surface area contributed by atoms with Crippen LogP contribution in [0.15, 0.2) is 53.9 Å². The Labute approximate surface area is 180 Å². The molecule has 0 atom stereocenters. The molecule has 10 heteroatoms. The molecule has 0 aliphatic carbocycles. The molecule has 2 aromatic heterocycles. The van der Waals surface area contributed by atoms with Gasteiger partial charge in [0, 0.05) is 26.2 Å². The third kappa shape index (κ3) is 5.13. The number of halogens is 3. The van der Waals surface area contributed by atoms with E-state index in [1.807, 2.05) is 34.5 Å². The summed E-state index contributed by atoms with van der Waals surface area (Å²) in [6, 6.07) is 12.3. The quantitative estimate of drug-likeness (QED) is 0.592. The molecule has 4 rings (SSSR count). The van der Waals surface area contributed by atoms with Crippen molar-refractivity contribution in [1.29, 1.82) is 0 Å². The Morgan fingerprint density at radius 3 is 2.48 bits per heavy atom. The lowest BCUT2D eigenvalue weighted by Gasteiger charge is -2.35. The van der Waals surface area contributed by atoms with Gasteiger partial charge in [0.2, 0.25) is 0 Å². The van der Waals surface area contributed by atoms with Crippen molar-refractivity contribution in [3.05, 3.63) is 59.5 Å². The maximum Gasteiger partial charge on any atom is 0.416 e. The van der Waals surface area contributed by atoms with Crippen LogP contribution in [0.25, 0.3) is 10.6 Å². The number of hydrogen-bond donors (Lipinski definition) is 0. The highest BCUT2D eigenvalue weighted by molar-refractivity contribution is 7.13. The van der Waals surface area contributed by atoms with Gasteiger partial charge in [-0.2, -0.15) is 13.2 Å². The summed E-state index contributed by atoms with van der Waals surface area (Å²) in [4.78, 5) is 17.1. The first kappa shape index (κ1) is 21.1. The average molecular weight is 448 g/mol. The summed E-state index contributed by atoms with van der Waals surface area (Å²) in [6.45, 7) is 1.81. The highest BCUT2D eigenvalue weighted by Crippen LogP contribution is 2.31. The van der Waals surface area contributed by atoms with Gasteiger partial charge in [0.1, 0.15) is 11.4 Å². The fraction of sp³-hybridized carbons (Fsp3) is 0.286. The minimum atomic E-state index is -4.45. The average Bonchev–Trinajstić information content (AvgIpc) is 3.32. The predicted molar refractivity (Wildman–Crippen MR) is 111 cm³/mol. The minimum Gasteiger partial charge on any atom is -0.484 e. The van der Waals surface area contributed by atoms with E-state index in [0.29, 0.717) is 26.2 Å². The van der Waals surface area contributed by atoms with Gasteiger partial charge in [0.05, 0.1) is 10.4 Å². The van der Waals surface area contributed by atoms with Crippen molar-refractivity contribution in [1.82, 2.24) is 15.1 Å². The van der Waals surface area contributed by atoms with E-state index >= 15 is 0 Å². The summed E-state index contributed by atoms with van der Waals surface area (Å²) in [7, 11) is 0. The molecule has 0 N–H and O–H groups in total. The Hall–Kier alpha value is -3.14. The third-order valence-corrected chi connectivity index (χ3v) is 5.80. The molecule has 0 bridgehead atoms. The minimum absolute atomic E-state index is 0.0166. The van der Waals surface area contributed by atoms with E-state index in [0.717, 1.165) is 28.5 Å². The van der Waals surface area contributed by atoms with Gasteiger partial charge in [-0.15, -0.1) is 21.5 Å². The van der Waals surface area contributed by atoms with Crippen LogP contribution < -0.4 is 9.64 Å². The van der Waals surface area contributed by atoms with Gasteiger partial charge in [0.15, 0.2) is 12.4 Å².